The minimum Gasteiger partial charge on any atom is -0.398 e. The third-order valence-corrected chi connectivity index (χ3v) is 6.62. The molecule has 1 aromatic carbocycles. The summed E-state index contributed by atoms with van der Waals surface area (Å²) < 4.78 is 18.9. The molecular weight excluding hydrogens is 282 g/mol. The van der Waals surface area contributed by atoms with E-state index in [0.29, 0.717) is 5.75 Å². The highest BCUT2D eigenvalue weighted by Crippen LogP contribution is 2.42. The fraction of sp³-hybridized carbons (Fsp3) is 0.647. The molecule has 21 heavy (non-hydrogen) atoms. The number of hydrogen-bond donors (Lipinski definition) is 1. The Kier molecular flexibility index (Phi) is 4.36. The highest BCUT2D eigenvalue weighted by molar-refractivity contribution is 7.85. The second-order valence-electron chi connectivity index (χ2n) is 6.50. The van der Waals surface area contributed by atoms with Crippen LogP contribution in [0.25, 0.3) is 0 Å². The van der Waals surface area contributed by atoms with E-state index in [1.165, 1.54) is 32.1 Å². The summed E-state index contributed by atoms with van der Waals surface area (Å²) in [5.41, 5.74) is 7.69. The molecule has 1 aliphatic heterocycles. The summed E-state index contributed by atoms with van der Waals surface area (Å²) in [6.07, 6.45) is 8.61. The molecule has 1 saturated carbocycles. The van der Waals surface area contributed by atoms with Crippen LogP contribution in [0.15, 0.2) is 23.1 Å². The van der Waals surface area contributed by atoms with Crippen molar-refractivity contribution < 1.29 is 8.95 Å². The molecule has 0 bridgehead atoms. The van der Waals surface area contributed by atoms with Crippen LogP contribution in [0.1, 0.15) is 50.5 Å². The van der Waals surface area contributed by atoms with Crippen molar-refractivity contribution in [2.75, 3.05) is 11.5 Å². The van der Waals surface area contributed by atoms with E-state index < -0.39 is 10.8 Å². The van der Waals surface area contributed by atoms with Crippen LogP contribution in [0.2, 0.25) is 0 Å². The molecule has 1 aromatic rings. The summed E-state index contributed by atoms with van der Waals surface area (Å²) in [5.74, 6) is 0.603. The van der Waals surface area contributed by atoms with Gasteiger partial charge in [-0.3, -0.25) is 4.21 Å². The third-order valence-electron chi connectivity index (χ3n) is 5.01. The Morgan fingerprint density at radius 3 is 2.81 bits per heavy atom. The number of rotatable bonds is 3. The zero-order valence-corrected chi connectivity index (χ0v) is 13.6. The van der Waals surface area contributed by atoms with Gasteiger partial charge in [-0.2, -0.15) is 0 Å². The molecule has 4 heteroatoms. The summed E-state index contributed by atoms with van der Waals surface area (Å²) in [4.78, 5) is 0.864. The molecule has 2 aliphatic rings. The Labute approximate surface area is 129 Å². The Bertz CT molecular complexity index is 538. The summed E-state index contributed by atoms with van der Waals surface area (Å²) in [7, 11) is -1.02. The van der Waals surface area contributed by atoms with Crippen LogP contribution in [0.4, 0.5) is 5.69 Å². The van der Waals surface area contributed by atoms with Gasteiger partial charge in [0.05, 0.1) is 28.3 Å². The van der Waals surface area contributed by atoms with Gasteiger partial charge in [0, 0.05) is 10.6 Å². The maximum Gasteiger partial charge on any atom is 0.0702 e. The Morgan fingerprint density at radius 1 is 1.29 bits per heavy atom. The molecule has 3 nitrogen and oxygen atoms in total. The second-order valence-corrected chi connectivity index (χ2v) is 7.97. The molecule has 2 atom stereocenters. The predicted octanol–water partition coefficient (Wildman–Crippen LogP) is 3.57. The number of anilines is 1. The molecule has 1 heterocycles. The van der Waals surface area contributed by atoms with E-state index in [1.54, 1.807) is 0 Å². The summed E-state index contributed by atoms with van der Waals surface area (Å²) >= 11 is 0. The first-order valence-corrected chi connectivity index (χ1v) is 9.33. The van der Waals surface area contributed by atoms with Gasteiger partial charge in [-0.15, -0.1) is 0 Å². The lowest BCUT2D eigenvalue weighted by atomic mass is 9.83. The highest BCUT2D eigenvalue weighted by atomic mass is 32.2. The molecule has 3 rings (SSSR count). The standard InChI is InChI=1S/C17H25NO2S/c1-13-15(18)6-5-7-16(13)21(19)12-14-8-11-17(20-14)9-3-2-4-10-17/h5-7,14H,2-4,8-12,18H2,1H3. The number of nitrogen functional groups attached to an aromatic ring is 1. The minimum atomic E-state index is -1.02. The van der Waals surface area contributed by atoms with Gasteiger partial charge in [-0.25, -0.2) is 0 Å². The van der Waals surface area contributed by atoms with Gasteiger partial charge >= 0.3 is 0 Å². The normalized spacial score (nSPS) is 26.0. The van der Waals surface area contributed by atoms with Crippen molar-refractivity contribution in [3.8, 4) is 0 Å². The molecule has 0 aromatic heterocycles. The largest absolute Gasteiger partial charge is 0.398 e. The van der Waals surface area contributed by atoms with Crippen LogP contribution in [0, 0.1) is 6.92 Å². The molecular formula is C17H25NO2S. The zero-order chi connectivity index (χ0) is 14.9. The summed E-state index contributed by atoms with van der Waals surface area (Å²) in [5, 5.41) is 0. The molecule has 2 N–H and O–H groups in total. The average Bonchev–Trinajstić information content (AvgIpc) is 2.85. The molecule has 0 amide bonds. The van der Waals surface area contributed by atoms with E-state index >= 15 is 0 Å². The smallest absolute Gasteiger partial charge is 0.0702 e. The van der Waals surface area contributed by atoms with Crippen molar-refractivity contribution in [2.24, 2.45) is 0 Å². The number of hydrogen-bond acceptors (Lipinski definition) is 3. The van der Waals surface area contributed by atoms with Gasteiger partial charge < -0.3 is 10.5 Å². The number of ether oxygens (including phenoxy) is 1. The van der Waals surface area contributed by atoms with Gasteiger partial charge in [0.2, 0.25) is 0 Å². The first-order valence-electron chi connectivity index (χ1n) is 8.01. The third kappa shape index (κ3) is 3.16. The molecule has 1 spiro atoms. The molecule has 1 saturated heterocycles. The lowest BCUT2D eigenvalue weighted by Gasteiger charge is -2.33. The lowest BCUT2D eigenvalue weighted by molar-refractivity contribution is -0.0557. The van der Waals surface area contributed by atoms with Crippen molar-refractivity contribution >= 4 is 16.5 Å². The van der Waals surface area contributed by atoms with Crippen LogP contribution in [-0.2, 0) is 15.5 Å². The SMILES string of the molecule is Cc1c(N)cccc1S(=O)CC1CCC2(CCCCC2)O1. The van der Waals surface area contributed by atoms with Gasteiger partial charge in [0.15, 0.2) is 0 Å². The molecule has 1 aliphatic carbocycles. The molecule has 2 unspecified atom stereocenters. The van der Waals surface area contributed by atoms with Crippen LogP contribution >= 0.6 is 0 Å². The first-order chi connectivity index (χ1) is 10.1. The van der Waals surface area contributed by atoms with E-state index in [9.17, 15) is 4.21 Å². The number of nitrogens with two attached hydrogens (primary N) is 1. The average molecular weight is 307 g/mol. The van der Waals surface area contributed by atoms with Crippen LogP contribution in [0.3, 0.4) is 0 Å². The maximum absolute atomic E-state index is 12.6. The van der Waals surface area contributed by atoms with Crippen molar-refractivity contribution in [1.82, 2.24) is 0 Å². The van der Waals surface area contributed by atoms with Gasteiger partial charge in [-0.1, -0.05) is 25.3 Å². The Morgan fingerprint density at radius 2 is 2.05 bits per heavy atom. The summed E-state index contributed by atoms with van der Waals surface area (Å²) in [6, 6.07) is 5.67. The van der Waals surface area contributed by atoms with Crippen molar-refractivity contribution in [2.45, 2.75) is 68.5 Å². The van der Waals surface area contributed by atoms with E-state index in [-0.39, 0.29) is 11.7 Å². The molecule has 0 radical (unpaired) electrons. The maximum atomic E-state index is 12.6. The van der Waals surface area contributed by atoms with Crippen molar-refractivity contribution in [3.63, 3.8) is 0 Å². The van der Waals surface area contributed by atoms with E-state index in [1.807, 2.05) is 25.1 Å². The molecule has 116 valence electrons. The Balaban J connectivity index is 1.65. The van der Waals surface area contributed by atoms with E-state index in [0.717, 1.165) is 29.0 Å². The topological polar surface area (TPSA) is 52.3 Å². The second kappa shape index (κ2) is 6.09. The minimum absolute atomic E-state index is 0.109. The highest BCUT2D eigenvalue weighted by Gasteiger charge is 2.41. The van der Waals surface area contributed by atoms with Crippen LogP contribution in [-0.4, -0.2) is 21.7 Å². The quantitative estimate of drug-likeness (QED) is 0.869. The zero-order valence-electron chi connectivity index (χ0n) is 12.8. The van der Waals surface area contributed by atoms with Crippen LogP contribution in [0.5, 0.6) is 0 Å². The monoisotopic (exact) mass is 307 g/mol. The van der Waals surface area contributed by atoms with Gasteiger partial charge in [-0.05, 0) is 50.3 Å². The van der Waals surface area contributed by atoms with Crippen LogP contribution < -0.4 is 5.73 Å². The number of benzene rings is 1. The Hall–Kier alpha value is -0.870. The van der Waals surface area contributed by atoms with Crippen molar-refractivity contribution in [3.05, 3.63) is 23.8 Å². The summed E-state index contributed by atoms with van der Waals surface area (Å²) in [6.45, 7) is 1.95. The lowest BCUT2D eigenvalue weighted by Crippen LogP contribution is -2.32. The van der Waals surface area contributed by atoms with Gasteiger partial charge in [0.1, 0.15) is 0 Å². The molecule has 2 fully saturated rings. The van der Waals surface area contributed by atoms with E-state index in [4.69, 9.17) is 10.5 Å². The van der Waals surface area contributed by atoms with E-state index in [2.05, 4.69) is 0 Å². The fourth-order valence-corrected chi connectivity index (χ4v) is 5.16. The first kappa shape index (κ1) is 15.0. The van der Waals surface area contributed by atoms with Gasteiger partial charge in [0.25, 0.3) is 0 Å². The van der Waals surface area contributed by atoms with Crippen molar-refractivity contribution in [1.29, 1.82) is 0 Å². The fourth-order valence-electron chi connectivity index (χ4n) is 3.71. The predicted molar refractivity (Wildman–Crippen MR) is 86.8 cm³/mol.